The van der Waals surface area contributed by atoms with E-state index in [4.69, 9.17) is 9.84 Å². The Bertz CT molecular complexity index is 371. The molecule has 2 unspecified atom stereocenters. The Morgan fingerprint density at radius 2 is 2.12 bits per heavy atom. The zero-order valence-corrected chi connectivity index (χ0v) is 9.02. The number of carboxylic acids is 1. The van der Waals surface area contributed by atoms with Gasteiger partial charge in [-0.1, -0.05) is 0 Å². The van der Waals surface area contributed by atoms with E-state index in [1.165, 1.54) is 24.3 Å². The average molecular weight is 218 g/mol. The van der Waals surface area contributed by atoms with E-state index >= 15 is 0 Å². The van der Waals surface area contributed by atoms with Gasteiger partial charge in [-0.05, 0) is 30.7 Å². The van der Waals surface area contributed by atoms with Crippen LogP contribution in [0.25, 0.3) is 0 Å². The SMILES string of the molecule is O=C(O)C1CC1COc1ccc(F)cc1.[H-].[Li+]. The zero-order chi connectivity index (χ0) is 10.8. The quantitative estimate of drug-likeness (QED) is 0.662. The molecule has 1 N–H and O–H groups in total. The average Bonchev–Trinajstić information content (AvgIpc) is 2.96. The van der Waals surface area contributed by atoms with Crippen LogP contribution in [0.1, 0.15) is 7.85 Å². The van der Waals surface area contributed by atoms with Crippen molar-refractivity contribution >= 4 is 5.97 Å². The Kier molecular flexibility index (Phi) is 4.40. The van der Waals surface area contributed by atoms with E-state index in [1.807, 2.05) is 0 Å². The van der Waals surface area contributed by atoms with Gasteiger partial charge in [-0.15, -0.1) is 0 Å². The molecule has 1 aromatic rings. The van der Waals surface area contributed by atoms with E-state index in [0.29, 0.717) is 18.8 Å². The minimum absolute atomic E-state index is 0. The maximum absolute atomic E-state index is 12.5. The molecule has 0 saturated heterocycles. The van der Waals surface area contributed by atoms with Crippen LogP contribution in [0, 0.1) is 17.7 Å². The summed E-state index contributed by atoms with van der Waals surface area (Å²) >= 11 is 0. The molecule has 1 aliphatic rings. The van der Waals surface area contributed by atoms with Gasteiger partial charge in [0.1, 0.15) is 11.6 Å². The molecule has 5 heteroatoms. The standard InChI is InChI=1S/C11H11FO3.Li.H/c12-8-1-3-9(4-2-8)15-6-7-5-10(7)11(13)14;;/h1-4,7,10H,5-6H2,(H,13,14);;/q;+1;-1. The van der Waals surface area contributed by atoms with Crippen molar-refractivity contribution in [3.63, 3.8) is 0 Å². The smallest absolute Gasteiger partial charge is 1.00 e. The summed E-state index contributed by atoms with van der Waals surface area (Å²) in [6.07, 6.45) is 0.677. The van der Waals surface area contributed by atoms with Crippen molar-refractivity contribution < 1.29 is 39.3 Å². The fraction of sp³-hybridized carbons (Fsp3) is 0.364. The molecule has 0 spiro atoms. The molecule has 0 bridgehead atoms. The first kappa shape index (κ1) is 13.1. The Balaban J connectivity index is 0.00000128. The first-order chi connectivity index (χ1) is 7.16. The fourth-order valence-electron chi connectivity index (χ4n) is 1.47. The van der Waals surface area contributed by atoms with Crippen molar-refractivity contribution in [3.05, 3.63) is 30.1 Å². The van der Waals surface area contributed by atoms with Gasteiger partial charge in [-0.2, -0.15) is 0 Å². The van der Waals surface area contributed by atoms with Crippen molar-refractivity contribution in [3.8, 4) is 5.75 Å². The Labute approximate surface area is 106 Å². The number of hydrogen-bond donors (Lipinski definition) is 1. The molecule has 1 saturated carbocycles. The van der Waals surface area contributed by atoms with Crippen LogP contribution in [-0.4, -0.2) is 17.7 Å². The summed E-state index contributed by atoms with van der Waals surface area (Å²) in [5.41, 5.74) is 0. The number of hydrogen-bond acceptors (Lipinski definition) is 2. The van der Waals surface area contributed by atoms with Crippen molar-refractivity contribution in [1.82, 2.24) is 0 Å². The normalized spacial score (nSPS) is 22.1. The number of carbonyl (C=O) groups is 1. The van der Waals surface area contributed by atoms with E-state index < -0.39 is 5.97 Å². The molecule has 1 fully saturated rings. The molecule has 2 rings (SSSR count). The van der Waals surface area contributed by atoms with Gasteiger partial charge in [-0.3, -0.25) is 4.79 Å². The summed E-state index contributed by atoms with van der Waals surface area (Å²) in [4.78, 5) is 10.5. The first-order valence-electron chi connectivity index (χ1n) is 4.78. The fourth-order valence-corrected chi connectivity index (χ4v) is 1.47. The van der Waals surface area contributed by atoms with Crippen LogP contribution in [-0.2, 0) is 4.79 Å². The van der Waals surface area contributed by atoms with Crippen LogP contribution in [0.15, 0.2) is 24.3 Å². The summed E-state index contributed by atoms with van der Waals surface area (Å²) in [6, 6.07) is 5.70. The second-order valence-electron chi connectivity index (χ2n) is 3.71. The number of carboxylic acid groups (broad SMARTS) is 1. The molecule has 82 valence electrons. The third-order valence-corrected chi connectivity index (χ3v) is 2.52. The maximum atomic E-state index is 12.5. The summed E-state index contributed by atoms with van der Waals surface area (Å²) in [7, 11) is 0. The van der Waals surface area contributed by atoms with Gasteiger partial charge >= 0.3 is 24.8 Å². The van der Waals surface area contributed by atoms with Gasteiger partial charge in [0, 0.05) is 5.92 Å². The second kappa shape index (κ2) is 5.38. The van der Waals surface area contributed by atoms with Gasteiger partial charge in [-0.25, -0.2) is 4.39 Å². The zero-order valence-electron chi connectivity index (χ0n) is 10.0. The van der Waals surface area contributed by atoms with Gasteiger partial charge in [0.15, 0.2) is 0 Å². The van der Waals surface area contributed by atoms with Crippen LogP contribution in [0.4, 0.5) is 4.39 Å². The van der Waals surface area contributed by atoms with Crippen LogP contribution in [0.5, 0.6) is 5.75 Å². The maximum Gasteiger partial charge on any atom is 1.00 e. The van der Waals surface area contributed by atoms with Crippen molar-refractivity contribution in [2.75, 3.05) is 6.61 Å². The van der Waals surface area contributed by atoms with E-state index in [0.717, 1.165) is 0 Å². The number of ether oxygens (including phenoxy) is 1. The number of rotatable bonds is 4. The third-order valence-electron chi connectivity index (χ3n) is 2.52. The minimum atomic E-state index is -0.761. The summed E-state index contributed by atoms with van der Waals surface area (Å²) < 4.78 is 17.9. The molecule has 0 heterocycles. The van der Waals surface area contributed by atoms with Crippen LogP contribution < -0.4 is 23.6 Å². The largest absolute Gasteiger partial charge is 1.00 e. The van der Waals surface area contributed by atoms with Crippen molar-refractivity contribution in [1.29, 1.82) is 0 Å². The summed E-state index contributed by atoms with van der Waals surface area (Å²) in [5, 5.41) is 8.65. The molecule has 1 aliphatic carbocycles. The second-order valence-corrected chi connectivity index (χ2v) is 3.71. The molecular formula is C11H12FLiO3. The predicted molar refractivity (Wildman–Crippen MR) is 52.2 cm³/mol. The van der Waals surface area contributed by atoms with Gasteiger partial charge in [0.05, 0.1) is 12.5 Å². The van der Waals surface area contributed by atoms with E-state index in [9.17, 15) is 9.18 Å². The van der Waals surface area contributed by atoms with Gasteiger partial charge in [0.25, 0.3) is 0 Å². The van der Waals surface area contributed by atoms with Gasteiger partial charge < -0.3 is 11.3 Å². The predicted octanol–water partition coefficient (Wildman–Crippen LogP) is -0.958. The van der Waals surface area contributed by atoms with Crippen molar-refractivity contribution in [2.45, 2.75) is 6.42 Å². The molecule has 2 atom stereocenters. The topological polar surface area (TPSA) is 46.5 Å². The Hall–Kier alpha value is -0.983. The minimum Gasteiger partial charge on any atom is -1.00 e. The molecule has 0 aliphatic heterocycles. The number of aliphatic carboxylic acids is 1. The molecular weight excluding hydrogens is 206 g/mol. The Morgan fingerprint density at radius 1 is 1.50 bits per heavy atom. The number of halogens is 1. The summed E-state index contributed by atoms with van der Waals surface area (Å²) in [5.74, 6) is -0.648. The van der Waals surface area contributed by atoms with Gasteiger partial charge in [0.2, 0.25) is 0 Å². The van der Waals surface area contributed by atoms with Crippen LogP contribution >= 0.6 is 0 Å². The molecule has 3 nitrogen and oxygen atoms in total. The molecule has 0 amide bonds. The van der Waals surface area contributed by atoms with E-state index in [1.54, 1.807) is 0 Å². The Morgan fingerprint density at radius 3 is 2.62 bits per heavy atom. The van der Waals surface area contributed by atoms with E-state index in [-0.39, 0.29) is 37.9 Å². The molecule has 16 heavy (non-hydrogen) atoms. The monoisotopic (exact) mass is 218 g/mol. The molecule has 0 aromatic heterocycles. The first-order valence-corrected chi connectivity index (χ1v) is 4.78. The molecule has 0 radical (unpaired) electrons. The van der Waals surface area contributed by atoms with Crippen LogP contribution in [0.3, 0.4) is 0 Å². The molecule has 1 aromatic carbocycles. The summed E-state index contributed by atoms with van der Waals surface area (Å²) in [6.45, 7) is 0.391. The van der Waals surface area contributed by atoms with Crippen LogP contribution in [0.2, 0.25) is 0 Å². The van der Waals surface area contributed by atoms with Crippen molar-refractivity contribution in [2.24, 2.45) is 11.8 Å². The number of benzene rings is 1. The van der Waals surface area contributed by atoms with E-state index in [2.05, 4.69) is 0 Å². The third kappa shape index (κ3) is 3.26.